The van der Waals surface area contributed by atoms with Crippen LogP contribution < -0.4 is 10.1 Å². The van der Waals surface area contributed by atoms with E-state index in [0.29, 0.717) is 12.6 Å². The molecule has 0 radical (unpaired) electrons. The molecule has 132 valence electrons. The van der Waals surface area contributed by atoms with Crippen molar-refractivity contribution in [2.45, 2.75) is 26.4 Å². The first-order valence-electron chi connectivity index (χ1n) is 8.65. The van der Waals surface area contributed by atoms with Crippen LogP contribution in [0, 0.1) is 12.3 Å². The van der Waals surface area contributed by atoms with Crippen molar-refractivity contribution < 1.29 is 4.74 Å². The fourth-order valence-corrected chi connectivity index (χ4v) is 3.42. The van der Waals surface area contributed by atoms with E-state index in [4.69, 9.17) is 11.2 Å². The van der Waals surface area contributed by atoms with E-state index in [1.165, 1.54) is 13.1 Å². The SMILES string of the molecule is C#CCOc1ccc(Br)cc1CNCC(C)N1CCN(CC)CC1. The van der Waals surface area contributed by atoms with Crippen LogP contribution in [0.25, 0.3) is 0 Å². The highest BCUT2D eigenvalue weighted by Crippen LogP contribution is 2.23. The van der Waals surface area contributed by atoms with Crippen molar-refractivity contribution in [1.29, 1.82) is 0 Å². The zero-order chi connectivity index (χ0) is 17.4. The van der Waals surface area contributed by atoms with Gasteiger partial charge < -0.3 is 15.0 Å². The van der Waals surface area contributed by atoms with E-state index in [9.17, 15) is 0 Å². The van der Waals surface area contributed by atoms with Gasteiger partial charge in [0.15, 0.2) is 0 Å². The lowest BCUT2D eigenvalue weighted by atomic mass is 10.2. The summed E-state index contributed by atoms with van der Waals surface area (Å²) < 4.78 is 6.68. The van der Waals surface area contributed by atoms with Crippen molar-refractivity contribution in [1.82, 2.24) is 15.1 Å². The molecule has 0 aliphatic carbocycles. The van der Waals surface area contributed by atoms with Gasteiger partial charge in [0.2, 0.25) is 0 Å². The Morgan fingerprint density at radius 3 is 2.75 bits per heavy atom. The molecule has 4 nitrogen and oxygen atoms in total. The molecule has 1 aliphatic rings. The number of nitrogens with zero attached hydrogens (tertiary/aromatic N) is 2. The van der Waals surface area contributed by atoms with E-state index >= 15 is 0 Å². The second-order valence-electron chi connectivity index (χ2n) is 6.19. The van der Waals surface area contributed by atoms with E-state index in [-0.39, 0.29) is 0 Å². The lowest BCUT2D eigenvalue weighted by Crippen LogP contribution is -2.51. The number of ether oxygens (including phenoxy) is 1. The fourth-order valence-electron chi connectivity index (χ4n) is 3.01. The standard InChI is InChI=1S/C19H28BrN3O/c1-4-12-24-19-7-6-18(20)13-17(19)15-21-14-16(3)23-10-8-22(5-2)9-11-23/h1,6-7,13,16,21H,5,8-12,14-15H2,2-3H3. The summed E-state index contributed by atoms with van der Waals surface area (Å²) in [6.07, 6.45) is 5.29. The first-order valence-corrected chi connectivity index (χ1v) is 9.45. The van der Waals surface area contributed by atoms with E-state index in [1.54, 1.807) is 0 Å². The molecule has 0 amide bonds. The zero-order valence-electron chi connectivity index (χ0n) is 14.7. The van der Waals surface area contributed by atoms with E-state index in [0.717, 1.165) is 48.5 Å². The summed E-state index contributed by atoms with van der Waals surface area (Å²) in [5.41, 5.74) is 1.13. The van der Waals surface area contributed by atoms with Gasteiger partial charge in [0.05, 0.1) is 0 Å². The molecule has 1 heterocycles. The molecule has 1 fully saturated rings. The molecule has 1 unspecified atom stereocenters. The third kappa shape index (κ3) is 5.78. The number of hydrogen-bond donors (Lipinski definition) is 1. The summed E-state index contributed by atoms with van der Waals surface area (Å²) in [5.74, 6) is 3.37. The van der Waals surface area contributed by atoms with Crippen LogP contribution in [-0.4, -0.2) is 61.7 Å². The van der Waals surface area contributed by atoms with Crippen LogP contribution in [0.1, 0.15) is 19.4 Å². The Hall–Kier alpha value is -1.06. The molecule has 1 aliphatic heterocycles. The fraction of sp³-hybridized carbons (Fsp3) is 0.579. The lowest BCUT2D eigenvalue weighted by molar-refractivity contribution is 0.105. The largest absolute Gasteiger partial charge is 0.481 e. The quantitative estimate of drug-likeness (QED) is 0.686. The van der Waals surface area contributed by atoms with Crippen LogP contribution in [0.2, 0.25) is 0 Å². The van der Waals surface area contributed by atoms with Gasteiger partial charge in [0, 0.05) is 55.3 Å². The van der Waals surface area contributed by atoms with Gasteiger partial charge in [-0.1, -0.05) is 28.8 Å². The van der Waals surface area contributed by atoms with Gasteiger partial charge in [-0.2, -0.15) is 0 Å². The Morgan fingerprint density at radius 1 is 1.33 bits per heavy atom. The van der Waals surface area contributed by atoms with Crippen molar-refractivity contribution in [3.63, 3.8) is 0 Å². The van der Waals surface area contributed by atoms with E-state index in [1.807, 2.05) is 12.1 Å². The summed E-state index contributed by atoms with van der Waals surface area (Å²) in [6, 6.07) is 6.56. The van der Waals surface area contributed by atoms with Gasteiger partial charge in [0.25, 0.3) is 0 Å². The summed E-state index contributed by atoms with van der Waals surface area (Å²) in [4.78, 5) is 5.07. The molecule has 0 spiro atoms. The maximum absolute atomic E-state index is 5.63. The predicted octanol–water partition coefficient (Wildman–Crippen LogP) is 2.58. The Kier molecular flexibility index (Phi) is 8.07. The second kappa shape index (κ2) is 10.0. The lowest BCUT2D eigenvalue weighted by Gasteiger charge is -2.37. The van der Waals surface area contributed by atoms with Crippen LogP contribution in [0.4, 0.5) is 0 Å². The first kappa shape index (κ1) is 19.3. The van der Waals surface area contributed by atoms with Gasteiger partial charge in [-0.05, 0) is 31.7 Å². The minimum Gasteiger partial charge on any atom is -0.481 e. The van der Waals surface area contributed by atoms with Crippen LogP contribution in [-0.2, 0) is 6.54 Å². The summed E-state index contributed by atoms with van der Waals surface area (Å²) in [7, 11) is 0. The molecule has 1 aromatic carbocycles. The molecular formula is C19H28BrN3O. The van der Waals surface area contributed by atoms with Crippen molar-refractivity contribution in [3.8, 4) is 18.1 Å². The summed E-state index contributed by atoms with van der Waals surface area (Å²) >= 11 is 3.52. The molecule has 0 aromatic heterocycles. The third-order valence-corrected chi connectivity index (χ3v) is 5.06. The number of likely N-dealkylation sites (N-methyl/N-ethyl adjacent to an activating group) is 1. The van der Waals surface area contributed by atoms with Crippen LogP contribution >= 0.6 is 15.9 Å². The first-order chi connectivity index (χ1) is 11.6. The van der Waals surface area contributed by atoms with Gasteiger partial charge in [0.1, 0.15) is 12.4 Å². The van der Waals surface area contributed by atoms with Crippen molar-refractivity contribution >= 4 is 15.9 Å². The molecule has 2 rings (SSSR count). The van der Waals surface area contributed by atoms with Crippen LogP contribution in [0.5, 0.6) is 5.75 Å². The maximum atomic E-state index is 5.63. The number of halogens is 1. The molecule has 24 heavy (non-hydrogen) atoms. The van der Waals surface area contributed by atoms with Crippen molar-refractivity contribution in [2.24, 2.45) is 0 Å². The number of rotatable bonds is 8. The average molecular weight is 394 g/mol. The smallest absolute Gasteiger partial charge is 0.148 e. The molecule has 1 atom stereocenters. The normalized spacial score (nSPS) is 17.4. The summed E-state index contributed by atoms with van der Waals surface area (Å²) in [6.45, 7) is 12.4. The molecule has 1 aromatic rings. The number of terminal acetylenes is 1. The monoisotopic (exact) mass is 393 g/mol. The van der Waals surface area contributed by atoms with Gasteiger partial charge in [-0.3, -0.25) is 4.90 Å². The third-order valence-electron chi connectivity index (χ3n) is 4.57. The van der Waals surface area contributed by atoms with Crippen LogP contribution in [0.3, 0.4) is 0 Å². The van der Waals surface area contributed by atoms with E-state index in [2.05, 4.69) is 56.9 Å². The highest BCUT2D eigenvalue weighted by atomic mass is 79.9. The Bertz CT molecular complexity index is 550. The van der Waals surface area contributed by atoms with Gasteiger partial charge in [-0.25, -0.2) is 0 Å². The zero-order valence-corrected chi connectivity index (χ0v) is 16.3. The minimum atomic E-state index is 0.298. The molecular weight excluding hydrogens is 366 g/mol. The predicted molar refractivity (Wildman–Crippen MR) is 103 cm³/mol. The number of benzene rings is 1. The Morgan fingerprint density at radius 2 is 2.08 bits per heavy atom. The highest BCUT2D eigenvalue weighted by molar-refractivity contribution is 9.10. The Balaban J connectivity index is 1.81. The highest BCUT2D eigenvalue weighted by Gasteiger charge is 2.19. The van der Waals surface area contributed by atoms with Crippen LogP contribution in [0.15, 0.2) is 22.7 Å². The van der Waals surface area contributed by atoms with Crippen molar-refractivity contribution in [3.05, 3.63) is 28.2 Å². The molecule has 0 bridgehead atoms. The second-order valence-corrected chi connectivity index (χ2v) is 7.11. The average Bonchev–Trinajstić information content (AvgIpc) is 2.61. The summed E-state index contributed by atoms with van der Waals surface area (Å²) in [5, 5.41) is 3.56. The minimum absolute atomic E-state index is 0.298. The molecule has 1 saturated heterocycles. The molecule has 1 N–H and O–H groups in total. The van der Waals surface area contributed by atoms with Gasteiger partial charge in [-0.15, -0.1) is 6.42 Å². The topological polar surface area (TPSA) is 27.7 Å². The number of hydrogen-bond acceptors (Lipinski definition) is 4. The van der Waals surface area contributed by atoms with E-state index < -0.39 is 0 Å². The molecule has 0 saturated carbocycles. The van der Waals surface area contributed by atoms with Gasteiger partial charge >= 0.3 is 0 Å². The Labute approximate surface area is 154 Å². The van der Waals surface area contributed by atoms with Crippen molar-refractivity contribution in [2.75, 3.05) is 45.9 Å². The maximum Gasteiger partial charge on any atom is 0.148 e. The molecule has 5 heteroatoms. The number of piperazine rings is 1. The number of nitrogens with one attached hydrogen (secondary N) is 1.